The fourth-order valence-electron chi connectivity index (χ4n) is 1.15. The van der Waals surface area contributed by atoms with Crippen LogP contribution in [-0.4, -0.2) is 24.4 Å². The van der Waals surface area contributed by atoms with Crippen molar-refractivity contribution in [2.45, 2.75) is 31.3 Å². The average molecular weight is 239 g/mol. The van der Waals surface area contributed by atoms with Gasteiger partial charge in [0.15, 0.2) is 5.03 Å². The highest BCUT2D eigenvalue weighted by Gasteiger charge is 2.17. The lowest BCUT2D eigenvalue weighted by Gasteiger charge is -2.03. The molecule has 1 aromatic rings. The molecule has 0 spiro atoms. The Kier molecular flexibility index (Phi) is 3.40. The highest BCUT2D eigenvalue weighted by Crippen LogP contribution is 2.10. The maximum Gasteiger partial charge on any atom is 0.257 e. The number of hydrogen-bond acceptors (Lipinski definition) is 3. The summed E-state index contributed by atoms with van der Waals surface area (Å²) < 4.78 is 47.2. The number of sulfonamides is 1. The van der Waals surface area contributed by atoms with Gasteiger partial charge in [0.05, 0.1) is 6.54 Å². The summed E-state index contributed by atoms with van der Waals surface area (Å²) >= 11 is 0. The fraction of sp³-hybridized carbons (Fsp3) is 0.571. The topological polar surface area (TPSA) is 78.0 Å². The maximum absolute atomic E-state index is 12.1. The molecule has 0 unspecified atom stereocenters. The van der Waals surface area contributed by atoms with Gasteiger partial charge < -0.3 is 4.57 Å². The van der Waals surface area contributed by atoms with Crippen LogP contribution >= 0.6 is 0 Å². The largest absolute Gasteiger partial charge is 0.328 e. The Morgan fingerprint density at radius 2 is 2.20 bits per heavy atom. The molecule has 1 heterocycles. The molecule has 0 aliphatic carbocycles. The molecule has 1 rings (SSSR count). The molecule has 2 N–H and O–H groups in total. The summed E-state index contributed by atoms with van der Waals surface area (Å²) in [5.74, 6) is 0.277. The molecule has 5 nitrogen and oxygen atoms in total. The van der Waals surface area contributed by atoms with E-state index < -0.39 is 23.0 Å². The van der Waals surface area contributed by atoms with Crippen molar-refractivity contribution in [2.75, 3.05) is 0 Å². The van der Waals surface area contributed by atoms with Crippen LogP contribution in [0.5, 0.6) is 0 Å². The van der Waals surface area contributed by atoms with E-state index in [0.717, 1.165) is 10.8 Å². The lowest BCUT2D eigenvalue weighted by molar-refractivity contribution is 0.125. The van der Waals surface area contributed by atoms with E-state index in [4.69, 9.17) is 5.14 Å². The molecule has 0 aliphatic rings. The van der Waals surface area contributed by atoms with Gasteiger partial charge in [-0.2, -0.15) is 0 Å². The van der Waals surface area contributed by atoms with Gasteiger partial charge in [0.2, 0.25) is 0 Å². The number of alkyl halides is 2. The molecule has 15 heavy (non-hydrogen) atoms. The van der Waals surface area contributed by atoms with Gasteiger partial charge in [-0.3, -0.25) is 0 Å². The molecular weight excluding hydrogens is 228 g/mol. The van der Waals surface area contributed by atoms with Gasteiger partial charge in [-0.15, -0.1) is 0 Å². The van der Waals surface area contributed by atoms with Crippen LogP contribution in [0, 0.1) is 0 Å². The second-order valence-electron chi connectivity index (χ2n) is 2.94. The molecule has 86 valence electrons. The smallest absolute Gasteiger partial charge is 0.257 e. The van der Waals surface area contributed by atoms with Gasteiger partial charge in [0.1, 0.15) is 5.82 Å². The van der Waals surface area contributed by atoms with Crippen LogP contribution in [0.25, 0.3) is 0 Å². The summed E-state index contributed by atoms with van der Waals surface area (Å²) in [6, 6.07) is 0. The van der Waals surface area contributed by atoms with Crippen molar-refractivity contribution in [3.8, 4) is 0 Å². The minimum absolute atomic E-state index is 0.277. The Hall–Kier alpha value is -1.02. The van der Waals surface area contributed by atoms with Gasteiger partial charge in [-0.05, 0) is 0 Å². The average Bonchev–Trinajstić information content (AvgIpc) is 2.45. The Bertz CT molecular complexity index is 441. The summed E-state index contributed by atoms with van der Waals surface area (Å²) in [4.78, 5) is 3.67. The second kappa shape index (κ2) is 4.23. The van der Waals surface area contributed by atoms with Crippen molar-refractivity contribution in [3.05, 3.63) is 12.0 Å². The van der Waals surface area contributed by atoms with Crippen LogP contribution in [0.2, 0.25) is 0 Å². The third-order valence-electron chi connectivity index (χ3n) is 1.78. The summed E-state index contributed by atoms with van der Waals surface area (Å²) in [6.45, 7) is 1.11. The minimum Gasteiger partial charge on any atom is -0.328 e. The van der Waals surface area contributed by atoms with Crippen LogP contribution in [0.1, 0.15) is 12.7 Å². The number of aryl methyl sites for hydroxylation is 1. The summed E-state index contributed by atoms with van der Waals surface area (Å²) in [5, 5.41) is 4.46. The van der Waals surface area contributed by atoms with Gasteiger partial charge in [0.25, 0.3) is 16.4 Å². The normalized spacial score (nSPS) is 12.3. The first-order chi connectivity index (χ1) is 6.84. The van der Waals surface area contributed by atoms with E-state index in [0.29, 0.717) is 6.42 Å². The first-order valence-electron chi connectivity index (χ1n) is 4.21. The molecule has 0 saturated heterocycles. The standard InChI is InChI=1S/C7H11F2N3O2S/c1-2-6-11-7(15(10,13)14)4-12(6)3-5(8)9/h4-5H,2-3H2,1H3,(H2,10,13,14). The number of aromatic nitrogens is 2. The van der Waals surface area contributed by atoms with E-state index >= 15 is 0 Å². The minimum atomic E-state index is -3.93. The lowest BCUT2D eigenvalue weighted by atomic mass is 10.4. The van der Waals surface area contributed by atoms with E-state index in [1.54, 1.807) is 6.92 Å². The molecule has 0 radical (unpaired) electrons. The monoisotopic (exact) mass is 239 g/mol. The van der Waals surface area contributed by atoms with E-state index in [9.17, 15) is 17.2 Å². The number of rotatable bonds is 4. The molecule has 1 aromatic heterocycles. The molecule has 0 aliphatic heterocycles. The quantitative estimate of drug-likeness (QED) is 0.823. The summed E-state index contributed by atoms with van der Waals surface area (Å²) in [5.41, 5.74) is 0. The van der Waals surface area contributed by atoms with E-state index in [-0.39, 0.29) is 10.9 Å². The van der Waals surface area contributed by atoms with Crippen LogP contribution in [0.4, 0.5) is 8.78 Å². The third kappa shape index (κ3) is 2.96. The summed E-state index contributed by atoms with van der Waals surface area (Å²) in [6.07, 6.45) is -1.17. The van der Waals surface area contributed by atoms with Crippen LogP contribution in [0.15, 0.2) is 11.2 Å². The predicted molar refractivity (Wildman–Crippen MR) is 49.0 cm³/mol. The van der Waals surface area contributed by atoms with Crippen molar-refractivity contribution in [1.82, 2.24) is 9.55 Å². The number of imidazole rings is 1. The molecule has 8 heteroatoms. The Morgan fingerprint density at radius 1 is 1.60 bits per heavy atom. The second-order valence-corrected chi connectivity index (χ2v) is 4.45. The van der Waals surface area contributed by atoms with Crippen molar-refractivity contribution in [3.63, 3.8) is 0 Å². The van der Waals surface area contributed by atoms with Crippen LogP contribution in [0.3, 0.4) is 0 Å². The molecule has 0 saturated carbocycles. The van der Waals surface area contributed by atoms with Gasteiger partial charge in [0, 0.05) is 12.6 Å². The van der Waals surface area contributed by atoms with Gasteiger partial charge >= 0.3 is 0 Å². The van der Waals surface area contributed by atoms with E-state index in [1.165, 1.54) is 0 Å². The number of hydrogen-bond donors (Lipinski definition) is 1. The van der Waals surface area contributed by atoms with E-state index in [2.05, 4.69) is 4.98 Å². The van der Waals surface area contributed by atoms with Crippen molar-refractivity contribution < 1.29 is 17.2 Å². The highest BCUT2D eigenvalue weighted by molar-refractivity contribution is 7.89. The molecule has 0 fully saturated rings. The number of nitrogens with zero attached hydrogens (tertiary/aromatic N) is 2. The van der Waals surface area contributed by atoms with Crippen molar-refractivity contribution >= 4 is 10.0 Å². The molecular formula is C7H11F2N3O2S. The SMILES string of the molecule is CCc1nc(S(N)(=O)=O)cn1CC(F)F. The Balaban J connectivity index is 3.12. The van der Waals surface area contributed by atoms with E-state index in [1.807, 2.05) is 0 Å². The Morgan fingerprint density at radius 3 is 2.60 bits per heavy atom. The molecule has 0 atom stereocenters. The zero-order valence-electron chi connectivity index (χ0n) is 8.02. The Labute approximate surface area is 86.0 Å². The molecule has 0 aromatic carbocycles. The number of halogens is 2. The highest BCUT2D eigenvalue weighted by atomic mass is 32.2. The summed E-state index contributed by atoms with van der Waals surface area (Å²) in [7, 11) is -3.93. The third-order valence-corrected chi connectivity index (χ3v) is 2.56. The first kappa shape index (κ1) is 12.1. The number of nitrogens with two attached hydrogens (primary N) is 1. The van der Waals surface area contributed by atoms with Gasteiger partial charge in [-0.25, -0.2) is 27.3 Å². The van der Waals surface area contributed by atoms with Crippen LogP contribution < -0.4 is 5.14 Å². The van der Waals surface area contributed by atoms with Crippen LogP contribution in [-0.2, 0) is 23.0 Å². The zero-order chi connectivity index (χ0) is 11.6. The predicted octanol–water partition coefficient (Wildman–Crippen LogP) is 0.358. The molecule has 0 amide bonds. The maximum atomic E-state index is 12.1. The van der Waals surface area contributed by atoms with Gasteiger partial charge in [-0.1, -0.05) is 6.92 Å². The molecule has 0 bridgehead atoms. The number of primary sulfonamides is 1. The lowest BCUT2D eigenvalue weighted by Crippen LogP contribution is -2.12. The zero-order valence-corrected chi connectivity index (χ0v) is 8.84. The fourth-order valence-corrected chi connectivity index (χ4v) is 1.66. The van der Waals surface area contributed by atoms with Crippen molar-refractivity contribution in [1.29, 1.82) is 0 Å². The van der Waals surface area contributed by atoms with Crippen molar-refractivity contribution in [2.24, 2.45) is 5.14 Å². The first-order valence-corrected chi connectivity index (χ1v) is 5.76.